The van der Waals surface area contributed by atoms with E-state index in [-0.39, 0.29) is 42.2 Å². The first kappa shape index (κ1) is 27.9. The fourth-order valence-corrected chi connectivity index (χ4v) is 7.05. The van der Waals surface area contributed by atoms with E-state index in [0.29, 0.717) is 25.3 Å². The van der Waals surface area contributed by atoms with Crippen molar-refractivity contribution >= 4 is 17.8 Å². The lowest BCUT2D eigenvalue weighted by atomic mass is 9.94. The van der Waals surface area contributed by atoms with E-state index in [9.17, 15) is 19.1 Å². The summed E-state index contributed by atoms with van der Waals surface area (Å²) in [7, 11) is 0. The van der Waals surface area contributed by atoms with Crippen molar-refractivity contribution in [3.8, 4) is 0 Å². The lowest BCUT2D eigenvalue weighted by molar-refractivity contribution is -0.0138. The first-order chi connectivity index (χ1) is 19.6. The predicted molar refractivity (Wildman–Crippen MR) is 152 cm³/mol. The summed E-state index contributed by atoms with van der Waals surface area (Å²) in [5, 5.41) is 14.4. The molecule has 41 heavy (non-hydrogen) atoms. The number of aliphatic hydroxyl groups excluding tert-OH is 1. The number of rotatable bonds is 4. The second-order valence-corrected chi connectivity index (χ2v) is 13.0. The molecule has 220 valence electrons. The largest absolute Gasteiger partial charge is 0.444 e. The number of piperidine rings is 2. The standard InChI is InChI=1S/C31H40FN5O4/c1-31(2,3)41-30(40)37-17-21-12-22(37)13-25(21)34-28-14-23(24(32)15-33-28)29(39)36-11-9-26(27(38)18-36)35-10-8-19-6-4-5-7-20(19)16-35/h4-7,14-15,21-22,25-27,38H,8-13,16-18H2,1-3H3,(H,33,34)/t21?,22?,25?,26-,27-/m0/s1. The van der Waals surface area contributed by atoms with Crippen LogP contribution in [0.1, 0.15) is 61.5 Å². The number of anilines is 1. The zero-order valence-corrected chi connectivity index (χ0v) is 24.1. The van der Waals surface area contributed by atoms with Gasteiger partial charge in [0.2, 0.25) is 0 Å². The van der Waals surface area contributed by atoms with Crippen molar-refractivity contribution < 1.29 is 23.8 Å². The van der Waals surface area contributed by atoms with Gasteiger partial charge in [-0.2, -0.15) is 0 Å². The normalized spacial score (nSPS) is 28.0. The Morgan fingerprint density at radius 1 is 1.12 bits per heavy atom. The minimum Gasteiger partial charge on any atom is -0.444 e. The Hall–Kier alpha value is -3.24. The maximum absolute atomic E-state index is 14.9. The highest BCUT2D eigenvalue weighted by Crippen LogP contribution is 2.40. The third kappa shape index (κ3) is 5.77. The molecule has 1 aromatic heterocycles. The summed E-state index contributed by atoms with van der Waals surface area (Å²) < 4.78 is 20.4. The van der Waals surface area contributed by atoms with Gasteiger partial charge in [-0.05, 0) is 69.6 Å². The first-order valence-corrected chi connectivity index (χ1v) is 14.8. The minimum absolute atomic E-state index is 0.0371. The van der Waals surface area contributed by atoms with Crippen molar-refractivity contribution in [3.63, 3.8) is 0 Å². The average molecular weight is 566 g/mol. The number of likely N-dealkylation sites (tertiary alicyclic amines) is 2. The quantitative estimate of drug-likeness (QED) is 0.584. The van der Waals surface area contributed by atoms with Crippen LogP contribution in [-0.4, -0.2) is 92.8 Å². The van der Waals surface area contributed by atoms with Crippen molar-refractivity contribution in [2.75, 3.05) is 31.5 Å². The van der Waals surface area contributed by atoms with Gasteiger partial charge < -0.3 is 25.0 Å². The van der Waals surface area contributed by atoms with Gasteiger partial charge in [-0.25, -0.2) is 14.2 Å². The van der Waals surface area contributed by atoms with E-state index < -0.39 is 23.4 Å². The molecule has 2 N–H and O–H groups in total. The Morgan fingerprint density at radius 3 is 2.61 bits per heavy atom. The third-order valence-electron chi connectivity index (χ3n) is 9.05. The number of benzene rings is 1. The molecule has 1 saturated carbocycles. The molecule has 1 aromatic carbocycles. The number of β-amino-alcohol motifs (C(OH)–C–C–N with tert-alkyl or cyclic N) is 1. The Labute approximate surface area is 240 Å². The van der Waals surface area contributed by atoms with Gasteiger partial charge in [0.15, 0.2) is 5.82 Å². The molecule has 5 atom stereocenters. The Bertz CT molecular complexity index is 1320. The van der Waals surface area contributed by atoms with Gasteiger partial charge in [-0.3, -0.25) is 9.69 Å². The maximum atomic E-state index is 14.9. The number of hydrogen-bond acceptors (Lipinski definition) is 7. The van der Waals surface area contributed by atoms with E-state index in [1.54, 1.807) is 9.80 Å². The summed E-state index contributed by atoms with van der Waals surface area (Å²) in [5.74, 6) is -0.430. The molecule has 10 heteroatoms. The molecular weight excluding hydrogens is 525 g/mol. The number of ether oxygens (including phenoxy) is 1. The van der Waals surface area contributed by atoms with Crippen LogP contribution >= 0.6 is 0 Å². The second kappa shape index (κ2) is 10.9. The fraction of sp³-hybridized carbons (Fsp3) is 0.581. The number of nitrogens with zero attached hydrogens (tertiary/aromatic N) is 4. The molecule has 3 aliphatic heterocycles. The average Bonchev–Trinajstić information content (AvgIpc) is 3.53. The molecule has 1 aliphatic carbocycles. The van der Waals surface area contributed by atoms with Crippen LogP contribution in [0.3, 0.4) is 0 Å². The highest BCUT2D eigenvalue weighted by Gasteiger charge is 2.48. The van der Waals surface area contributed by atoms with E-state index >= 15 is 0 Å². The molecule has 9 nitrogen and oxygen atoms in total. The molecule has 2 bridgehead atoms. The zero-order valence-electron chi connectivity index (χ0n) is 24.1. The number of halogens is 1. The molecule has 4 aliphatic rings. The van der Waals surface area contributed by atoms with Crippen LogP contribution < -0.4 is 5.32 Å². The van der Waals surface area contributed by atoms with Crippen molar-refractivity contribution in [2.45, 2.75) is 82.8 Å². The van der Waals surface area contributed by atoms with Gasteiger partial charge in [0.05, 0.1) is 17.9 Å². The summed E-state index contributed by atoms with van der Waals surface area (Å²) in [6.07, 6.45) is 3.29. The van der Waals surface area contributed by atoms with E-state index in [4.69, 9.17) is 4.74 Å². The second-order valence-electron chi connectivity index (χ2n) is 13.0. The SMILES string of the molecule is CC(C)(C)OC(=O)N1CC2CC1CC2Nc1cc(C(=O)N2CC[C@H](N3CCc4ccccc4C3)[C@@H](O)C2)c(F)cn1. The van der Waals surface area contributed by atoms with Crippen molar-refractivity contribution in [3.05, 3.63) is 59.0 Å². The summed E-state index contributed by atoms with van der Waals surface area (Å²) in [6, 6.07) is 10.0. The minimum atomic E-state index is -0.706. The monoisotopic (exact) mass is 565 g/mol. The fourth-order valence-electron chi connectivity index (χ4n) is 7.05. The first-order valence-electron chi connectivity index (χ1n) is 14.8. The lowest BCUT2D eigenvalue weighted by Crippen LogP contribution is -2.56. The number of aliphatic hydroxyl groups is 1. The van der Waals surface area contributed by atoms with Crippen LogP contribution in [0, 0.1) is 11.7 Å². The van der Waals surface area contributed by atoms with E-state index in [1.807, 2.05) is 26.8 Å². The van der Waals surface area contributed by atoms with Gasteiger partial charge >= 0.3 is 6.09 Å². The van der Waals surface area contributed by atoms with Gasteiger partial charge in [0.1, 0.15) is 11.4 Å². The molecule has 3 fully saturated rings. The molecule has 6 rings (SSSR count). The van der Waals surface area contributed by atoms with Crippen LogP contribution in [-0.2, 0) is 17.7 Å². The highest BCUT2D eigenvalue weighted by molar-refractivity contribution is 5.95. The highest BCUT2D eigenvalue weighted by atomic mass is 19.1. The van der Waals surface area contributed by atoms with E-state index in [0.717, 1.165) is 38.5 Å². The number of amides is 2. The molecular formula is C31H40FN5O4. The number of carbonyl (C=O) groups excluding carboxylic acids is 2. The summed E-state index contributed by atoms with van der Waals surface area (Å²) in [5.41, 5.74) is 2.06. The molecule has 2 amide bonds. The van der Waals surface area contributed by atoms with Crippen LogP contribution in [0.15, 0.2) is 36.5 Å². The Kier molecular flexibility index (Phi) is 7.40. The van der Waals surface area contributed by atoms with Gasteiger partial charge in [0, 0.05) is 50.8 Å². The number of fused-ring (bicyclic) bond motifs is 3. The zero-order chi connectivity index (χ0) is 28.9. The molecule has 2 aromatic rings. The van der Waals surface area contributed by atoms with Crippen LogP contribution in [0.2, 0.25) is 0 Å². The van der Waals surface area contributed by atoms with Crippen LogP contribution in [0.5, 0.6) is 0 Å². The van der Waals surface area contributed by atoms with Gasteiger partial charge in [0.25, 0.3) is 5.91 Å². The molecule has 0 radical (unpaired) electrons. The molecule has 3 unspecified atom stereocenters. The number of carbonyl (C=O) groups is 2. The number of pyridine rings is 1. The molecule has 4 heterocycles. The van der Waals surface area contributed by atoms with Gasteiger partial charge in [-0.15, -0.1) is 0 Å². The summed E-state index contributed by atoms with van der Waals surface area (Å²) in [4.78, 5) is 35.9. The Morgan fingerprint density at radius 2 is 1.90 bits per heavy atom. The number of nitrogens with one attached hydrogen (secondary N) is 1. The van der Waals surface area contributed by atoms with Crippen molar-refractivity contribution in [1.82, 2.24) is 19.7 Å². The molecule has 0 spiro atoms. The van der Waals surface area contributed by atoms with Crippen molar-refractivity contribution in [2.24, 2.45) is 5.92 Å². The Balaban J connectivity index is 1.06. The maximum Gasteiger partial charge on any atom is 0.410 e. The number of hydrogen-bond donors (Lipinski definition) is 2. The third-order valence-corrected chi connectivity index (χ3v) is 9.05. The van der Waals surface area contributed by atoms with Crippen LogP contribution in [0.25, 0.3) is 0 Å². The summed E-state index contributed by atoms with van der Waals surface area (Å²) >= 11 is 0. The topological polar surface area (TPSA) is 98.2 Å². The van der Waals surface area contributed by atoms with Crippen molar-refractivity contribution in [1.29, 1.82) is 0 Å². The van der Waals surface area contributed by atoms with E-state index in [1.165, 1.54) is 17.2 Å². The summed E-state index contributed by atoms with van der Waals surface area (Å²) in [6.45, 7) is 8.46. The van der Waals surface area contributed by atoms with E-state index in [2.05, 4.69) is 33.4 Å². The van der Waals surface area contributed by atoms with Crippen LogP contribution in [0.4, 0.5) is 15.0 Å². The predicted octanol–water partition coefficient (Wildman–Crippen LogP) is 3.66. The smallest absolute Gasteiger partial charge is 0.410 e. The van der Waals surface area contributed by atoms with Gasteiger partial charge in [-0.1, -0.05) is 24.3 Å². The molecule has 2 saturated heterocycles. The number of aromatic nitrogens is 1. The lowest BCUT2D eigenvalue weighted by Gasteiger charge is -2.43.